The number of hydrogen-bond donors (Lipinski definition) is 1. The fourth-order valence-corrected chi connectivity index (χ4v) is 16.4. The lowest BCUT2D eigenvalue weighted by Gasteiger charge is -2.46. The van der Waals surface area contributed by atoms with Gasteiger partial charge in [-0.1, -0.05) is 109 Å². The second-order valence-corrected chi connectivity index (χ2v) is 24.1. The van der Waals surface area contributed by atoms with Crippen molar-refractivity contribution in [3.05, 3.63) is 60.7 Å². The van der Waals surface area contributed by atoms with Gasteiger partial charge in [-0.25, -0.2) is 0 Å². The summed E-state index contributed by atoms with van der Waals surface area (Å²) in [7, 11) is -1.71. The van der Waals surface area contributed by atoms with Crippen LogP contribution in [0.3, 0.4) is 0 Å². The molecular formula is C38H62O7Si2. The minimum absolute atomic E-state index is 0.0114. The van der Waals surface area contributed by atoms with Crippen molar-refractivity contribution in [2.24, 2.45) is 17.8 Å². The molecule has 0 radical (unpaired) electrons. The van der Waals surface area contributed by atoms with Crippen LogP contribution in [0, 0.1) is 17.8 Å². The van der Waals surface area contributed by atoms with Gasteiger partial charge in [-0.3, -0.25) is 0 Å². The molecule has 0 heterocycles. The third-order valence-corrected chi connectivity index (χ3v) is 21.3. The Morgan fingerprint density at radius 1 is 0.809 bits per heavy atom. The van der Waals surface area contributed by atoms with Crippen molar-refractivity contribution in [2.75, 3.05) is 27.8 Å². The summed E-state index contributed by atoms with van der Waals surface area (Å²) in [5, 5.41) is 14.7. The van der Waals surface area contributed by atoms with Crippen molar-refractivity contribution >= 4 is 27.0 Å². The van der Waals surface area contributed by atoms with Gasteiger partial charge in [0.15, 0.2) is 8.32 Å². The third kappa shape index (κ3) is 7.69. The van der Waals surface area contributed by atoms with Gasteiger partial charge >= 0.3 is 0 Å². The molecule has 0 saturated heterocycles. The summed E-state index contributed by atoms with van der Waals surface area (Å²) in [5.41, 5.74) is -0.648. The van der Waals surface area contributed by atoms with Gasteiger partial charge in [0.05, 0.1) is 17.8 Å². The summed E-state index contributed by atoms with van der Waals surface area (Å²) in [6.07, 6.45) is -0.538. The van der Waals surface area contributed by atoms with Crippen molar-refractivity contribution in [1.29, 1.82) is 0 Å². The van der Waals surface area contributed by atoms with Crippen LogP contribution in [-0.2, 0) is 27.8 Å². The zero-order valence-electron chi connectivity index (χ0n) is 30.7. The fourth-order valence-electron chi connectivity index (χ4n) is 8.71. The Hall–Kier alpha value is -1.41. The van der Waals surface area contributed by atoms with Crippen LogP contribution in [0.25, 0.3) is 0 Å². The molecule has 0 unspecified atom stereocenters. The summed E-state index contributed by atoms with van der Waals surface area (Å²) in [5.74, 6) is 0.122. The predicted molar refractivity (Wildman–Crippen MR) is 194 cm³/mol. The van der Waals surface area contributed by atoms with Gasteiger partial charge in [-0.15, -0.1) is 0 Å². The van der Waals surface area contributed by atoms with E-state index in [1.54, 1.807) is 14.2 Å². The van der Waals surface area contributed by atoms with Crippen LogP contribution in [0.15, 0.2) is 60.7 Å². The molecule has 2 saturated carbocycles. The van der Waals surface area contributed by atoms with E-state index >= 15 is 0 Å². The van der Waals surface area contributed by atoms with Crippen LogP contribution >= 0.6 is 0 Å². The van der Waals surface area contributed by atoms with Crippen LogP contribution in [0.2, 0.25) is 23.2 Å². The number of fused-ring (bicyclic) bond motifs is 1. The largest absolute Gasteiger partial charge is 0.411 e. The molecule has 7 nitrogen and oxygen atoms in total. The first-order valence-corrected chi connectivity index (χ1v) is 22.2. The Morgan fingerprint density at radius 3 is 1.81 bits per heavy atom. The first-order chi connectivity index (χ1) is 22.4. The SMILES string of the molecule is CC[Si](CC)(CC)O[C@@H]1[C@@H](O)[C@@H](OCOC)C[C@](C)(OCOC)[C@H]2C[C@H](O[Si](c3ccccc3)(c3ccccc3)C(C)(C)C)[C@H](C)[C@@H]12. The highest BCUT2D eigenvalue weighted by molar-refractivity contribution is 6.99. The lowest BCUT2D eigenvalue weighted by molar-refractivity contribution is -0.180. The van der Waals surface area contributed by atoms with E-state index in [0.717, 1.165) is 24.6 Å². The standard InChI is InChI=1S/C38H62O7Si2/c1-11-46(12-2,13-3)45-36-34-28(4)32(24-31(34)38(8,43-27-41-10)25-33(35(36)39)42-26-40-9)44-47(37(5,6)7,29-20-16-14-17-21-29)30-22-18-15-19-23-30/h14-23,28,31-36,39H,11-13,24-27H2,1-10H3/t28-,31-,32-,33-,34+,35-,36-,38-/m0/s1. The number of hydrogen-bond acceptors (Lipinski definition) is 7. The quantitative estimate of drug-likeness (QED) is 0.165. The summed E-state index contributed by atoms with van der Waals surface area (Å²) in [6.45, 7) is 18.5. The van der Waals surface area contributed by atoms with E-state index in [1.807, 2.05) is 0 Å². The maximum atomic E-state index is 12.3. The zero-order valence-corrected chi connectivity index (χ0v) is 32.7. The fraction of sp³-hybridized carbons (Fsp3) is 0.684. The van der Waals surface area contributed by atoms with Crippen LogP contribution in [-0.4, -0.2) is 79.6 Å². The van der Waals surface area contributed by atoms with Gasteiger partial charge in [0, 0.05) is 26.7 Å². The molecule has 1 N–H and O–H groups in total. The highest BCUT2D eigenvalue weighted by Crippen LogP contribution is 2.54. The summed E-state index contributed by atoms with van der Waals surface area (Å²) in [6, 6.07) is 24.7. The number of aliphatic hydroxyl groups excluding tert-OH is 1. The van der Waals surface area contributed by atoms with Crippen LogP contribution in [0.4, 0.5) is 0 Å². The molecule has 9 heteroatoms. The summed E-state index contributed by atoms with van der Waals surface area (Å²) in [4.78, 5) is 0. The van der Waals surface area contributed by atoms with Crippen LogP contribution in [0.5, 0.6) is 0 Å². The number of methoxy groups -OCH3 is 2. The molecule has 0 aromatic heterocycles. The first kappa shape index (κ1) is 38.4. The molecule has 2 aromatic carbocycles. The molecule has 8 atom stereocenters. The topological polar surface area (TPSA) is 75.6 Å². The Kier molecular flexibility index (Phi) is 13.1. The number of rotatable bonds is 15. The molecule has 2 fully saturated rings. The molecule has 4 rings (SSSR count). The molecule has 2 aliphatic carbocycles. The summed E-state index contributed by atoms with van der Waals surface area (Å²) < 4.78 is 38.9. The van der Waals surface area contributed by atoms with Gasteiger partial charge in [0.25, 0.3) is 8.32 Å². The van der Waals surface area contributed by atoms with E-state index < -0.39 is 40.5 Å². The predicted octanol–water partition coefficient (Wildman–Crippen LogP) is 6.73. The molecule has 0 bridgehead atoms. The van der Waals surface area contributed by atoms with Gasteiger partial charge < -0.3 is 32.9 Å². The molecule has 0 spiro atoms. The van der Waals surface area contributed by atoms with Gasteiger partial charge in [0.1, 0.15) is 19.7 Å². The average molecular weight is 687 g/mol. The molecule has 2 aromatic rings. The smallest absolute Gasteiger partial charge is 0.261 e. The molecule has 2 aliphatic rings. The van der Waals surface area contributed by atoms with Crippen molar-refractivity contribution in [3.8, 4) is 0 Å². The Bertz CT molecular complexity index is 1170. The third-order valence-electron chi connectivity index (χ3n) is 11.6. The van der Waals surface area contributed by atoms with Gasteiger partial charge in [-0.05, 0) is 64.6 Å². The van der Waals surface area contributed by atoms with E-state index in [-0.39, 0.29) is 42.5 Å². The maximum absolute atomic E-state index is 12.3. The number of ether oxygens (including phenoxy) is 4. The maximum Gasteiger partial charge on any atom is 0.261 e. The monoisotopic (exact) mass is 686 g/mol. The molecular weight excluding hydrogens is 625 g/mol. The molecule has 264 valence electrons. The van der Waals surface area contributed by atoms with E-state index in [4.69, 9.17) is 27.8 Å². The lowest BCUT2D eigenvalue weighted by atomic mass is 9.77. The zero-order chi connectivity index (χ0) is 34.5. The first-order valence-electron chi connectivity index (χ1n) is 17.7. The van der Waals surface area contributed by atoms with Crippen molar-refractivity contribution in [2.45, 2.75) is 121 Å². The Labute approximate surface area is 286 Å². The van der Waals surface area contributed by atoms with Crippen molar-refractivity contribution in [3.63, 3.8) is 0 Å². The minimum atomic E-state index is -2.84. The van der Waals surface area contributed by atoms with E-state index in [2.05, 4.69) is 116 Å². The molecule has 0 amide bonds. The second-order valence-electron chi connectivity index (χ2n) is 15.1. The minimum Gasteiger partial charge on any atom is -0.411 e. The van der Waals surface area contributed by atoms with E-state index in [0.29, 0.717) is 6.42 Å². The van der Waals surface area contributed by atoms with Crippen molar-refractivity contribution < 1.29 is 32.9 Å². The van der Waals surface area contributed by atoms with Gasteiger partial charge in [0.2, 0.25) is 0 Å². The van der Waals surface area contributed by atoms with Gasteiger partial charge in [-0.2, -0.15) is 0 Å². The summed E-state index contributed by atoms with van der Waals surface area (Å²) >= 11 is 0. The second kappa shape index (κ2) is 16.1. The van der Waals surface area contributed by atoms with Crippen LogP contribution in [0.1, 0.15) is 68.2 Å². The molecule has 0 aliphatic heterocycles. The average Bonchev–Trinajstić information content (AvgIpc) is 3.37. The lowest BCUT2D eigenvalue weighted by Crippen LogP contribution is -2.68. The molecule has 47 heavy (non-hydrogen) atoms. The number of aliphatic hydroxyl groups is 1. The van der Waals surface area contributed by atoms with E-state index in [1.165, 1.54) is 10.4 Å². The Morgan fingerprint density at radius 2 is 1.34 bits per heavy atom. The number of benzene rings is 2. The highest BCUT2D eigenvalue weighted by Gasteiger charge is 2.62. The Balaban J connectivity index is 1.88. The highest BCUT2D eigenvalue weighted by atomic mass is 28.4. The van der Waals surface area contributed by atoms with E-state index in [9.17, 15) is 5.11 Å². The van der Waals surface area contributed by atoms with Crippen LogP contribution < -0.4 is 10.4 Å². The van der Waals surface area contributed by atoms with Crippen molar-refractivity contribution in [1.82, 2.24) is 0 Å². The normalized spacial score (nSPS) is 30.2.